The van der Waals surface area contributed by atoms with Crippen LogP contribution in [0.1, 0.15) is 62.3 Å². The lowest BCUT2D eigenvalue weighted by molar-refractivity contribution is 0.186. The van der Waals surface area contributed by atoms with Gasteiger partial charge in [0.05, 0.1) is 6.10 Å². The van der Waals surface area contributed by atoms with Crippen molar-refractivity contribution in [2.45, 2.75) is 70.3 Å². The second kappa shape index (κ2) is 10.8. The van der Waals surface area contributed by atoms with Gasteiger partial charge < -0.3 is 9.74 Å². The first-order valence-corrected chi connectivity index (χ1v) is 14.4. The Labute approximate surface area is 195 Å². The molecule has 1 N–H and O–H groups in total. The minimum atomic E-state index is -1.96. The minimum Gasteiger partial charge on any atom is -0.409 e. The van der Waals surface area contributed by atoms with E-state index < -0.39 is 20.0 Å². The molecule has 1 fully saturated rings. The molecule has 0 bridgehead atoms. The van der Waals surface area contributed by atoms with E-state index in [1.807, 2.05) is 12.1 Å². The lowest BCUT2D eigenvalue weighted by atomic mass is 10.0. The van der Waals surface area contributed by atoms with Gasteiger partial charge in [-0.15, -0.1) is 0 Å². The fourth-order valence-corrected chi connectivity index (χ4v) is 7.68. The Morgan fingerprint density at radius 3 is 2.00 bits per heavy atom. The van der Waals surface area contributed by atoms with Gasteiger partial charge in [0.15, 0.2) is 8.32 Å². The van der Waals surface area contributed by atoms with Gasteiger partial charge in [0.25, 0.3) is 0 Å². The van der Waals surface area contributed by atoms with E-state index in [1.54, 1.807) is 0 Å². The predicted octanol–water partition coefficient (Wildman–Crippen LogP) is 8.00. The monoisotopic (exact) mass is 485 g/mol. The van der Waals surface area contributed by atoms with Crippen molar-refractivity contribution in [3.63, 3.8) is 0 Å². The van der Waals surface area contributed by atoms with Crippen LogP contribution in [0, 0.1) is 11.6 Å². The van der Waals surface area contributed by atoms with Crippen molar-refractivity contribution in [1.82, 2.24) is 5.32 Å². The maximum absolute atomic E-state index is 13.5. The predicted molar refractivity (Wildman–Crippen MR) is 128 cm³/mol. The van der Waals surface area contributed by atoms with Gasteiger partial charge in [-0.1, -0.05) is 44.0 Å². The average Bonchev–Trinajstić information content (AvgIpc) is 3.56. The molecular formula is C24H31Cl2F2NOSi. The average molecular weight is 487 g/mol. The minimum absolute atomic E-state index is 0.321. The maximum Gasteiger partial charge on any atom is 0.192 e. The first kappa shape index (κ1) is 24.7. The zero-order chi connectivity index (χ0) is 22.6. The summed E-state index contributed by atoms with van der Waals surface area (Å²) in [6.07, 6.45) is 2.03. The molecule has 1 aliphatic carbocycles. The first-order chi connectivity index (χ1) is 14.8. The molecule has 1 unspecified atom stereocenters. The highest BCUT2D eigenvalue weighted by molar-refractivity contribution is 6.73. The van der Waals surface area contributed by atoms with E-state index >= 15 is 0 Å². The third kappa shape index (κ3) is 6.29. The van der Waals surface area contributed by atoms with Crippen LogP contribution in [0.15, 0.2) is 30.3 Å². The summed E-state index contributed by atoms with van der Waals surface area (Å²) in [6.45, 7) is 7.31. The van der Waals surface area contributed by atoms with Crippen molar-refractivity contribution < 1.29 is 13.2 Å². The van der Waals surface area contributed by atoms with Crippen LogP contribution in [0.3, 0.4) is 0 Å². The third-order valence-electron chi connectivity index (χ3n) is 6.38. The zero-order valence-corrected chi connectivity index (χ0v) is 20.9. The standard InChI is InChI=1S/C24H31Cl2F2NOSi/c1-4-31(5-2,6-3)30-23(15-29-14-16-9-19(27)13-20(28)10-16)24-21(25)11-18(12-22(24)26)17-7-8-17/h9-13,17,23,29H,4-8,14-15H2,1-3H3. The van der Waals surface area contributed by atoms with E-state index in [0.717, 1.165) is 29.8 Å². The number of hydrogen-bond acceptors (Lipinski definition) is 2. The second-order valence-corrected chi connectivity index (χ2v) is 14.0. The van der Waals surface area contributed by atoms with E-state index in [0.29, 0.717) is 34.6 Å². The summed E-state index contributed by atoms with van der Waals surface area (Å²) < 4.78 is 33.9. The lowest BCUT2D eigenvalue weighted by Crippen LogP contribution is -2.40. The summed E-state index contributed by atoms with van der Waals surface area (Å²) in [7, 11) is -1.96. The van der Waals surface area contributed by atoms with Crippen LogP contribution in [0.4, 0.5) is 8.78 Å². The summed E-state index contributed by atoms with van der Waals surface area (Å²) in [6, 6.07) is 10.6. The van der Waals surface area contributed by atoms with E-state index in [9.17, 15) is 8.78 Å². The Morgan fingerprint density at radius 1 is 0.968 bits per heavy atom. The molecule has 0 spiro atoms. The highest BCUT2D eigenvalue weighted by Gasteiger charge is 2.34. The Bertz CT molecular complexity index is 852. The van der Waals surface area contributed by atoms with Crippen LogP contribution in [0.25, 0.3) is 0 Å². The molecule has 0 aromatic heterocycles. The van der Waals surface area contributed by atoms with Crippen LogP contribution in [-0.4, -0.2) is 14.9 Å². The zero-order valence-electron chi connectivity index (χ0n) is 18.4. The van der Waals surface area contributed by atoms with Gasteiger partial charge in [-0.3, -0.25) is 0 Å². The topological polar surface area (TPSA) is 21.3 Å². The summed E-state index contributed by atoms with van der Waals surface area (Å²) >= 11 is 13.4. The van der Waals surface area contributed by atoms with Crippen molar-refractivity contribution >= 4 is 31.5 Å². The molecule has 2 aromatic carbocycles. The van der Waals surface area contributed by atoms with Gasteiger partial charge in [-0.25, -0.2) is 8.78 Å². The molecule has 2 nitrogen and oxygen atoms in total. The van der Waals surface area contributed by atoms with Crippen molar-refractivity contribution in [3.05, 3.63) is 68.7 Å². The molecule has 7 heteroatoms. The molecule has 3 rings (SSSR count). The normalized spacial score (nSPS) is 15.3. The largest absolute Gasteiger partial charge is 0.409 e. The molecular weight excluding hydrogens is 455 g/mol. The number of rotatable bonds is 11. The number of halogens is 4. The molecule has 0 saturated heterocycles. The molecule has 1 atom stereocenters. The highest BCUT2D eigenvalue weighted by Crippen LogP contribution is 2.45. The number of nitrogens with one attached hydrogen (secondary N) is 1. The van der Waals surface area contributed by atoms with Crippen LogP contribution in [-0.2, 0) is 11.0 Å². The molecule has 170 valence electrons. The van der Waals surface area contributed by atoms with Gasteiger partial charge in [0.1, 0.15) is 11.6 Å². The molecule has 0 aliphatic heterocycles. The number of hydrogen-bond donors (Lipinski definition) is 1. The molecule has 1 saturated carbocycles. The Balaban J connectivity index is 1.84. The molecule has 0 heterocycles. The summed E-state index contributed by atoms with van der Waals surface area (Å²) in [5.41, 5.74) is 2.53. The fourth-order valence-electron chi connectivity index (χ4n) is 4.13. The van der Waals surface area contributed by atoms with Crippen molar-refractivity contribution in [2.75, 3.05) is 6.54 Å². The van der Waals surface area contributed by atoms with Gasteiger partial charge in [0, 0.05) is 34.8 Å². The van der Waals surface area contributed by atoms with Crippen LogP contribution >= 0.6 is 23.2 Å². The first-order valence-electron chi connectivity index (χ1n) is 11.1. The second-order valence-electron chi connectivity index (χ2n) is 8.43. The van der Waals surface area contributed by atoms with Crippen LogP contribution < -0.4 is 5.32 Å². The fraction of sp³-hybridized carbons (Fsp3) is 0.500. The van der Waals surface area contributed by atoms with E-state index in [4.69, 9.17) is 27.6 Å². The van der Waals surface area contributed by atoms with Crippen LogP contribution in [0.5, 0.6) is 0 Å². The Morgan fingerprint density at radius 2 is 1.52 bits per heavy atom. The van der Waals surface area contributed by atoms with Crippen molar-refractivity contribution in [3.8, 4) is 0 Å². The molecule has 1 aliphatic rings. The molecule has 31 heavy (non-hydrogen) atoms. The lowest BCUT2D eigenvalue weighted by Gasteiger charge is -2.34. The summed E-state index contributed by atoms with van der Waals surface area (Å²) in [5, 5.41) is 4.56. The van der Waals surface area contributed by atoms with E-state index in [1.165, 1.54) is 30.5 Å². The molecule has 0 radical (unpaired) electrons. The smallest absolute Gasteiger partial charge is 0.192 e. The van der Waals surface area contributed by atoms with Gasteiger partial charge in [0.2, 0.25) is 0 Å². The quantitative estimate of drug-likeness (QED) is 0.325. The third-order valence-corrected chi connectivity index (χ3v) is 11.7. The van der Waals surface area contributed by atoms with Crippen molar-refractivity contribution in [2.24, 2.45) is 0 Å². The van der Waals surface area contributed by atoms with Gasteiger partial charge in [-0.2, -0.15) is 0 Å². The molecule has 0 amide bonds. The summed E-state index contributed by atoms with van der Waals surface area (Å²) in [5.74, 6) is -0.610. The van der Waals surface area contributed by atoms with Crippen molar-refractivity contribution in [1.29, 1.82) is 0 Å². The van der Waals surface area contributed by atoms with E-state index in [-0.39, 0.29) is 6.10 Å². The van der Waals surface area contributed by atoms with Gasteiger partial charge in [-0.05, 0) is 72.3 Å². The van der Waals surface area contributed by atoms with Crippen LogP contribution in [0.2, 0.25) is 28.2 Å². The number of benzene rings is 2. The van der Waals surface area contributed by atoms with E-state index in [2.05, 4.69) is 26.1 Å². The van der Waals surface area contributed by atoms with Gasteiger partial charge >= 0.3 is 0 Å². The molecule has 2 aromatic rings. The Kier molecular flexibility index (Phi) is 8.55. The highest BCUT2D eigenvalue weighted by atomic mass is 35.5. The SMILES string of the molecule is CC[Si](CC)(CC)OC(CNCc1cc(F)cc(F)c1)c1c(Cl)cc(C2CC2)cc1Cl. The maximum atomic E-state index is 13.5. The Hall–Kier alpha value is -0.983. The summed E-state index contributed by atoms with van der Waals surface area (Å²) in [4.78, 5) is 0.